The summed E-state index contributed by atoms with van der Waals surface area (Å²) in [6, 6.07) is 16.8. The number of benzene rings is 2. The van der Waals surface area contributed by atoms with Crippen LogP contribution in [0, 0.1) is 6.92 Å². The molecule has 1 aliphatic rings. The van der Waals surface area contributed by atoms with Crippen LogP contribution in [0.3, 0.4) is 0 Å². The van der Waals surface area contributed by atoms with Crippen LogP contribution in [0.25, 0.3) is 5.69 Å². The van der Waals surface area contributed by atoms with Crippen molar-refractivity contribution in [2.24, 2.45) is 0 Å². The number of para-hydroxylation sites is 1. The van der Waals surface area contributed by atoms with E-state index >= 15 is 0 Å². The monoisotopic (exact) mass is 390 g/mol. The number of aromatic nitrogens is 2. The predicted molar refractivity (Wildman–Crippen MR) is 109 cm³/mol. The summed E-state index contributed by atoms with van der Waals surface area (Å²) in [7, 11) is 0. The molecule has 1 aromatic heterocycles. The Bertz CT molecular complexity index is 1020. The van der Waals surface area contributed by atoms with E-state index in [-0.39, 0.29) is 11.8 Å². The maximum absolute atomic E-state index is 13.1. The highest BCUT2D eigenvalue weighted by Crippen LogP contribution is 2.23. The smallest absolute Gasteiger partial charge is 0.259 e. The van der Waals surface area contributed by atoms with Gasteiger partial charge in [-0.2, -0.15) is 5.10 Å². The zero-order valence-electron chi connectivity index (χ0n) is 16.2. The third-order valence-corrected chi connectivity index (χ3v) is 4.92. The Labute approximate surface area is 168 Å². The molecule has 1 fully saturated rings. The minimum atomic E-state index is -0.281. The van der Waals surface area contributed by atoms with Gasteiger partial charge in [-0.1, -0.05) is 36.4 Å². The Morgan fingerprint density at radius 1 is 0.966 bits per heavy atom. The Kier molecular flexibility index (Phi) is 5.39. The maximum atomic E-state index is 13.1. The molecule has 7 heteroatoms. The van der Waals surface area contributed by atoms with Crippen LogP contribution < -0.4 is 5.32 Å². The van der Waals surface area contributed by atoms with Crippen molar-refractivity contribution >= 4 is 17.6 Å². The average Bonchev–Trinajstić information content (AvgIpc) is 3.18. The number of hydrogen-bond acceptors (Lipinski definition) is 4. The highest BCUT2D eigenvalue weighted by molar-refractivity contribution is 6.09. The van der Waals surface area contributed by atoms with Gasteiger partial charge in [-0.05, 0) is 30.7 Å². The Hall–Kier alpha value is -3.45. The van der Waals surface area contributed by atoms with Crippen molar-refractivity contribution in [3.05, 3.63) is 77.5 Å². The fourth-order valence-electron chi connectivity index (χ4n) is 3.33. The van der Waals surface area contributed by atoms with Crippen molar-refractivity contribution in [2.45, 2.75) is 6.92 Å². The van der Waals surface area contributed by atoms with E-state index in [2.05, 4.69) is 10.4 Å². The summed E-state index contributed by atoms with van der Waals surface area (Å²) in [6.07, 6.45) is 1.51. The second kappa shape index (κ2) is 8.28. The van der Waals surface area contributed by atoms with Crippen LogP contribution in [-0.2, 0) is 4.74 Å². The van der Waals surface area contributed by atoms with E-state index in [1.807, 2.05) is 55.5 Å². The molecule has 0 aliphatic carbocycles. The van der Waals surface area contributed by atoms with Crippen molar-refractivity contribution in [2.75, 3.05) is 31.6 Å². The number of rotatable bonds is 4. The molecule has 0 spiro atoms. The second-order valence-corrected chi connectivity index (χ2v) is 6.83. The van der Waals surface area contributed by atoms with Gasteiger partial charge in [0, 0.05) is 18.7 Å². The van der Waals surface area contributed by atoms with Crippen LogP contribution in [0.4, 0.5) is 5.82 Å². The van der Waals surface area contributed by atoms with Gasteiger partial charge in [0.15, 0.2) is 0 Å². The van der Waals surface area contributed by atoms with E-state index < -0.39 is 0 Å². The van der Waals surface area contributed by atoms with E-state index in [0.29, 0.717) is 43.2 Å². The molecule has 2 heterocycles. The fraction of sp³-hybridized carbons (Fsp3) is 0.227. The van der Waals surface area contributed by atoms with Crippen LogP contribution in [0.2, 0.25) is 0 Å². The minimum absolute atomic E-state index is 0.171. The van der Waals surface area contributed by atoms with Crippen LogP contribution in [-0.4, -0.2) is 52.8 Å². The third kappa shape index (κ3) is 3.90. The summed E-state index contributed by atoms with van der Waals surface area (Å²) in [6.45, 7) is 3.91. The summed E-state index contributed by atoms with van der Waals surface area (Å²) in [5, 5.41) is 7.31. The van der Waals surface area contributed by atoms with Crippen LogP contribution >= 0.6 is 0 Å². The van der Waals surface area contributed by atoms with Crippen molar-refractivity contribution in [3.8, 4) is 5.69 Å². The lowest BCUT2D eigenvalue weighted by atomic mass is 10.1. The van der Waals surface area contributed by atoms with Gasteiger partial charge in [-0.25, -0.2) is 4.68 Å². The average molecular weight is 390 g/mol. The van der Waals surface area contributed by atoms with Crippen molar-refractivity contribution in [1.29, 1.82) is 0 Å². The van der Waals surface area contributed by atoms with Crippen molar-refractivity contribution in [1.82, 2.24) is 14.7 Å². The summed E-state index contributed by atoms with van der Waals surface area (Å²) >= 11 is 0. The van der Waals surface area contributed by atoms with Crippen molar-refractivity contribution < 1.29 is 14.3 Å². The number of amides is 2. The first kappa shape index (κ1) is 18.9. The molecule has 4 rings (SSSR count). The number of ether oxygens (including phenoxy) is 1. The number of anilines is 1. The highest BCUT2D eigenvalue weighted by atomic mass is 16.5. The molecule has 1 N–H and O–H groups in total. The van der Waals surface area contributed by atoms with Gasteiger partial charge in [-0.3, -0.25) is 9.59 Å². The number of morpholine rings is 1. The topological polar surface area (TPSA) is 76.5 Å². The van der Waals surface area contributed by atoms with E-state index in [1.54, 1.807) is 15.6 Å². The van der Waals surface area contributed by atoms with Crippen LogP contribution in [0.5, 0.6) is 0 Å². The van der Waals surface area contributed by atoms with Crippen LogP contribution in [0.15, 0.2) is 60.8 Å². The lowest BCUT2D eigenvalue weighted by Gasteiger charge is -2.26. The lowest BCUT2D eigenvalue weighted by Crippen LogP contribution is -2.40. The third-order valence-electron chi connectivity index (χ3n) is 4.92. The summed E-state index contributed by atoms with van der Waals surface area (Å²) in [5.41, 5.74) is 2.53. The van der Waals surface area contributed by atoms with Gasteiger partial charge in [-0.15, -0.1) is 0 Å². The quantitative estimate of drug-likeness (QED) is 0.743. The molecular weight excluding hydrogens is 368 g/mol. The molecule has 148 valence electrons. The Morgan fingerprint density at radius 2 is 1.66 bits per heavy atom. The molecule has 2 amide bonds. The van der Waals surface area contributed by atoms with Gasteiger partial charge in [0.25, 0.3) is 11.8 Å². The second-order valence-electron chi connectivity index (χ2n) is 6.83. The van der Waals surface area contributed by atoms with E-state index in [4.69, 9.17) is 4.74 Å². The standard InChI is InChI=1S/C22H22N4O3/c1-16-7-5-6-10-18(16)21(27)24-20-19(22(28)25-11-13-29-14-12-25)15-23-26(20)17-8-3-2-4-9-17/h2-10,15H,11-14H2,1H3,(H,24,27). The number of nitrogens with zero attached hydrogens (tertiary/aromatic N) is 3. The SMILES string of the molecule is Cc1ccccc1C(=O)Nc1c(C(=O)N2CCOCC2)cnn1-c1ccccc1. The number of carbonyl (C=O) groups is 2. The number of carbonyl (C=O) groups excluding carboxylic acids is 2. The molecule has 29 heavy (non-hydrogen) atoms. The first-order valence-corrected chi connectivity index (χ1v) is 9.52. The molecule has 2 aromatic carbocycles. The fourth-order valence-corrected chi connectivity index (χ4v) is 3.33. The van der Waals surface area contributed by atoms with Gasteiger partial charge in [0.05, 0.1) is 25.1 Å². The molecule has 1 aliphatic heterocycles. The van der Waals surface area contributed by atoms with Gasteiger partial charge in [0.1, 0.15) is 11.4 Å². The molecule has 3 aromatic rings. The van der Waals surface area contributed by atoms with E-state index in [0.717, 1.165) is 11.3 Å². The molecule has 0 atom stereocenters. The minimum Gasteiger partial charge on any atom is -0.378 e. The van der Waals surface area contributed by atoms with E-state index in [1.165, 1.54) is 6.20 Å². The van der Waals surface area contributed by atoms with E-state index in [9.17, 15) is 9.59 Å². The molecule has 0 saturated carbocycles. The normalized spacial score (nSPS) is 13.9. The van der Waals surface area contributed by atoms with Gasteiger partial charge < -0.3 is 15.0 Å². The summed E-state index contributed by atoms with van der Waals surface area (Å²) in [4.78, 5) is 27.8. The largest absolute Gasteiger partial charge is 0.378 e. The van der Waals surface area contributed by atoms with Gasteiger partial charge >= 0.3 is 0 Å². The summed E-state index contributed by atoms with van der Waals surface area (Å²) in [5.74, 6) is -0.0895. The Balaban J connectivity index is 1.72. The predicted octanol–water partition coefficient (Wildman–Crippen LogP) is 2.91. The highest BCUT2D eigenvalue weighted by Gasteiger charge is 2.26. The maximum Gasteiger partial charge on any atom is 0.259 e. The molecule has 0 bridgehead atoms. The zero-order valence-corrected chi connectivity index (χ0v) is 16.2. The lowest BCUT2D eigenvalue weighted by molar-refractivity contribution is 0.0303. The van der Waals surface area contributed by atoms with Crippen LogP contribution in [0.1, 0.15) is 26.3 Å². The first-order valence-electron chi connectivity index (χ1n) is 9.52. The molecule has 0 radical (unpaired) electrons. The van der Waals surface area contributed by atoms with Crippen molar-refractivity contribution in [3.63, 3.8) is 0 Å². The number of hydrogen-bond donors (Lipinski definition) is 1. The zero-order chi connectivity index (χ0) is 20.2. The van der Waals surface area contributed by atoms with Gasteiger partial charge in [0.2, 0.25) is 0 Å². The number of nitrogens with one attached hydrogen (secondary N) is 1. The Morgan fingerprint density at radius 3 is 2.38 bits per heavy atom. The molecule has 0 unspecified atom stereocenters. The number of aryl methyl sites for hydroxylation is 1. The molecule has 1 saturated heterocycles. The molecule has 7 nitrogen and oxygen atoms in total. The first-order chi connectivity index (χ1) is 14.1. The summed E-state index contributed by atoms with van der Waals surface area (Å²) < 4.78 is 6.93. The molecular formula is C22H22N4O3.